The fourth-order valence-corrected chi connectivity index (χ4v) is 5.41. The molecule has 5 rings (SSSR count). The largest absolute Gasteiger partial charge is 0.368 e. The third-order valence-electron chi connectivity index (χ3n) is 6.81. The molecule has 1 aromatic carbocycles. The average molecular weight is 522 g/mol. The molecular weight excluding hydrogens is 489 g/mol. The number of piperazine rings is 1. The van der Waals surface area contributed by atoms with Gasteiger partial charge in [-0.25, -0.2) is 14.4 Å². The van der Waals surface area contributed by atoms with Crippen LogP contribution in [0, 0.1) is 5.82 Å². The first-order chi connectivity index (χ1) is 17.8. The number of rotatable bonds is 7. The number of amides is 1. The van der Waals surface area contributed by atoms with Gasteiger partial charge in [-0.15, -0.1) is 11.3 Å². The van der Waals surface area contributed by atoms with Gasteiger partial charge in [-0.05, 0) is 42.8 Å². The van der Waals surface area contributed by atoms with Crippen LogP contribution in [0.2, 0.25) is 0 Å². The molecule has 194 valence electrons. The van der Waals surface area contributed by atoms with Gasteiger partial charge in [-0.2, -0.15) is 0 Å². The zero-order valence-electron chi connectivity index (χ0n) is 21.7. The third kappa shape index (κ3) is 5.17. The minimum atomic E-state index is -0.256. The monoisotopic (exact) mass is 521 g/mol. The van der Waals surface area contributed by atoms with E-state index in [9.17, 15) is 9.18 Å². The Morgan fingerprint density at radius 1 is 1.03 bits per heavy atom. The van der Waals surface area contributed by atoms with Crippen LogP contribution in [0.1, 0.15) is 12.6 Å². The maximum atomic E-state index is 13.4. The summed E-state index contributed by atoms with van der Waals surface area (Å²) in [5.41, 5.74) is 4.75. The van der Waals surface area contributed by atoms with Gasteiger partial charge in [0.2, 0.25) is 5.91 Å². The fourth-order valence-electron chi connectivity index (χ4n) is 4.61. The number of aryl methyl sites for hydroxylation is 1. The van der Waals surface area contributed by atoms with Crippen molar-refractivity contribution in [2.75, 3.05) is 63.7 Å². The Bertz CT molecular complexity index is 1390. The SMILES string of the molecule is CCc1nc2ccc(N3CCN(CC(=O)N(C)C)CC3)cn2c1N(C)c1nc(-c2ccc(F)cc2)cs1. The van der Waals surface area contributed by atoms with Crippen LogP contribution in [0.15, 0.2) is 48.0 Å². The van der Waals surface area contributed by atoms with Crippen LogP contribution in [-0.4, -0.2) is 83.9 Å². The van der Waals surface area contributed by atoms with Crippen LogP contribution in [0.5, 0.6) is 0 Å². The smallest absolute Gasteiger partial charge is 0.236 e. The molecule has 3 aromatic heterocycles. The van der Waals surface area contributed by atoms with Crippen LogP contribution >= 0.6 is 11.3 Å². The maximum Gasteiger partial charge on any atom is 0.236 e. The van der Waals surface area contributed by atoms with Crippen LogP contribution < -0.4 is 9.80 Å². The van der Waals surface area contributed by atoms with E-state index < -0.39 is 0 Å². The first-order valence-corrected chi connectivity index (χ1v) is 13.4. The number of aromatic nitrogens is 3. The van der Waals surface area contributed by atoms with Gasteiger partial charge in [-0.3, -0.25) is 14.1 Å². The number of likely N-dealkylation sites (N-methyl/N-ethyl adjacent to an activating group) is 1. The predicted octanol–water partition coefficient (Wildman–Crippen LogP) is 4.14. The van der Waals surface area contributed by atoms with E-state index in [-0.39, 0.29) is 11.7 Å². The zero-order valence-corrected chi connectivity index (χ0v) is 22.5. The second kappa shape index (κ2) is 10.5. The summed E-state index contributed by atoms with van der Waals surface area (Å²) in [6, 6.07) is 10.6. The average Bonchev–Trinajstić information content (AvgIpc) is 3.54. The van der Waals surface area contributed by atoms with E-state index in [1.165, 1.54) is 12.1 Å². The van der Waals surface area contributed by atoms with Crippen molar-refractivity contribution >= 4 is 39.5 Å². The molecule has 0 radical (unpaired) electrons. The van der Waals surface area contributed by atoms with Crippen LogP contribution in [0.4, 0.5) is 21.0 Å². The first kappa shape index (κ1) is 25.2. The minimum Gasteiger partial charge on any atom is -0.368 e. The quantitative estimate of drug-likeness (QED) is 0.364. The Kier molecular flexibility index (Phi) is 7.12. The lowest BCUT2D eigenvalue weighted by atomic mass is 10.2. The van der Waals surface area contributed by atoms with E-state index in [1.807, 2.05) is 12.4 Å². The fraction of sp³-hybridized carbons (Fsp3) is 0.370. The number of carbonyl (C=O) groups excluding carboxylic acids is 1. The van der Waals surface area contributed by atoms with Crippen molar-refractivity contribution in [3.8, 4) is 11.3 Å². The molecule has 0 aliphatic carbocycles. The van der Waals surface area contributed by atoms with Gasteiger partial charge in [0.05, 0.1) is 23.6 Å². The lowest BCUT2D eigenvalue weighted by Crippen LogP contribution is -2.49. The number of hydrogen-bond acceptors (Lipinski definition) is 7. The molecule has 8 nitrogen and oxygen atoms in total. The van der Waals surface area contributed by atoms with Gasteiger partial charge in [0, 0.05) is 64.5 Å². The Hall–Kier alpha value is -3.50. The highest BCUT2D eigenvalue weighted by Crippen LogP contribution is 2.34. The zero-order chi connectivity index (χ0) is 26.1. The van der Waals surface area contributed by atoms with Gasteiger partial charge < -0.3 is 14.7 Å². The second-order valence-electron chi connectivity index (χ2n) is 9.48. The molecule has 0 saturated carbocycles. The lowest BCUT2D eigenvalue weighted by molar-refractivity contribution is -0.129. The molecule has 0 N–H and O–H groups in total. The first-order valence-electron chi connectivity index (χ1n) is 12.5. The molecule has 10 heteroatoms. The van der Waals surface area contributed by atoms with Gasteiger partial charge in [0.25, 0.3) is 0 Å². The number of nitrogens with zero attached hydrogens (tertiary/aromatic N) is 7. The molecule has 0 unspecified atom stereocenters. The van der Waals surface area contributed by atoms with Crippen molar-refractivity contribution in [3.05, 3.63) is 59.5 Å². The molecule has 1 aliphatic heterocycles. The molecule has 0 bridgehead atoms. The summed E-state index contributed by atoms with van der Waals surface area (Å²) in [4.78, 5) is 30.1. The van der Waals surface area contributed by atoms with Crippen molar-refractivity contribution in [1.29, 1.82) is 0 Å². The number of anilines is 3. The van der Waals surface area contributed by atoms with E-state index in [1.54, 1.807) is 42.5 Å². The van der Waals surface area contributed by atoms with E-state index >= 15 is 0 Å². The van der Waals surface area contributed by atoms with Gasteiger partial charge in [0.1, 0.15) is 17.3 Å². The Morgan fingerprint density at radius 3 is 2.43 bits per heavy atom. The maximum absolute atomic E-state index is 13.4. The molecule has 1 aliphatic rings. The predicted molar refractivity (Wildman–Crippen MR) is 147 cm³/mol. The number of benzene rings is 1. The number of imidazole rings is 1. The van der Waals surface area contributed by atoms with Crippen LogP contribution in [0.25, 0.3) is 16.9 Å². The van der Waals surface area contributed by atoms with E-state index in [0.717, 1.165) is 71.8 Å². The summed E-state index contributed by atoms with van der Waals surface area (Å²) in [5, 5.41) is 2.85. The molecule has 4 heterocycles. The van der Waals surface area contributed by atoms with Gasteiger partial charge in [0.15, 0.2) is 5.13 Å². The third-order valence-corrected chi connectivity index (χ3v) is 7.73. The summed E-state index contributed by atoms with van der Waals surface area (Å²) in [6.45, 7) is 5.99. The number of carbonyl (C=O) groups is 1. The molecule has 4 aromatic rings. The number of halogens is 1. The van der Waals surface area contributed by atoms with Crippen LogP contribution in [-0.2, 0) is 11.2 Å². The summed E-state index contributed by atoms with van der Waals surface area (Å²) < 4.78 is 15.5. The molecule has 1 fully saturated rings. The van der Waals surface area contributed by atoms with Crippen molar-refractivity contribution in [1.82, 2.24) is 24.2 Å². The highest BCUT2D eigenvalue weighted by molar-refractivity contribution is 7.14. The number of pyridine rings is 1. The van der Waals surface area contributed by atoms with Crippen LogP contribution in [0.3, 0.4) is 0 Å². The van der Waals surface area contributed by atoms with Crippen molar-refractivity contribution in [2.24, 2.45) is 0 Å². The summed E-state index contributed by atoms with van der Waals surface area (Å²) in [7, 11) is 5.61. The number of thiazole rings is 1. The Morgan fingerprint density at radius 2 is 1.76 bits per heavy atom. The van der Waals surface area contributed by atoms with E-state index in [0.29, 0.717) is 6.54 Å². The van der Waals surface area contributed by atoms with Crippen molar-refractivity contribution in [3.63, 3.8) is 0 Å². The molecular formula is C27H32FN7OS. The molecule has 37 heavy (non-hydrogen) atoms. The molecule has 0 spiro atoms. The summed E-state index contributed by atoms with van der Waals surface area (Å²) >= 11 is 1.55. The second-order valence-corrected chi connectivity index (χ2v) is 10.3. The minimum absolute atomic E-state index is 0.137. The highest BCUT2D eigenvalue weighted by Gasteiger charge is 2.23. The molecule has 1 amide bonds. The standard InChI is InChI=1S/C27H32FN7OS/c1-5-22-26(32(4)27-30-23(18-37-27)19-6-8-20(28)9-7-19)35-16-21(10-11-24(35)29-22)34-14-12-33(13-15-34)17-25(36)31(2)3/h6-11,16,18H,5,12-15,17H2,1-4H3. The van der Waals surface area contributed by atoms with E-state index in [2.05, 4.69) is 44.4 Å². The normalized spacial score (nSPS) is 14.4. The summed E-state index contributed by atoms with van der Waals surface area (Å²) in [5.74, 6) is 0.876. The molecule has 0 atom stereocenters. The Labute approximate surface area is 220 Å². The topological polar surface area (TPSA) is 60.2 Å². The highest BCUT2D eigenvalue weighted by atomic mass is 32.1. The van der Waals surface area contributed by atoms with Gasteiger partial charge in [-0.1, -0.05) is 6.92 Å². The van der Waals surface area contributed by atoms with E-state index in [4.69, 9.17) is 9.97 Å². The molecule has 1 saturated heterocycles. The lowest BCUT2D eigenvalue weighted by Gasteiger charge is -2.36. The van der Waals surface area contributed by atoms with Gasteiger partial charge >= 0.3 is 0 Å². The number of hydrogen-bond donors (Lipinski definition) is 0. The summed E-state index contributed by atoms with van der Waals surface area (Å²) in [6.07, 6.45) is 2.95. The Balaban J connectivity index is 1.39. The van der Waals surface area contributed by atoms with Crippen molar-refractivity contribution in [2.45, 2.75) is 13.3 Å². The number of fused-ring (bicyclic) bond motifs is 1. The van der Waals surface area contributed by atoms with Crippen molar-refractivity contribution < 1.29 is 9.18 Å².